The first-order chi connectivity index (χ1) is 24.4. The van der Waals surface area contributed by atoms with Crippen LogP contribution in [0.25, 0.3) is 110 Å². The van der Waals surface area contributed by atoms with E-state index in [-0.39, 0.29) is 0 Å². The molecule has 11 aromatic rings. The molecule has 3 heteroatoms. The summed E-state index contributed by atoms with van der Waals surface area (Å²) >= 11 is 0. The second-order valence-corrected chi connectivity index (χ2v) is 13.2. The van der Waals surface area contributed by atoms with Crippen molar-refractivity contribution in [2.24, 2.45) is 0 Å². The smallest absolute Gasteiger partial charge is 0.160 e. The molecule has 0 spiro atoms. The molecule has 0 amide bonds. The van der Waals surface area contributed by atoms with Gasteiger partial charge in [0.25, 0.3) is 0 Å². The molecule has 1 aliphatic carbocycles. The van der Waals surface area contributed by atoms with E-state index in [0.29, 0.717) is 0 Å². The van der Waals surface area contributed by atoms with E-state index in [2.05, 4.69) is 167 Å². The predicted octanol–water partition coefficient (Wildman–Crippen LogP) is 12.6. The number of nitrogens with zero attached hydrogens (tertiary/aromatic N) is 2. The van der Waals surface area contributed by atoms with E-state index in [4.69, 9.17) is 4.42 Å². The Morgan fingerprint density at radius 2 is 0.939 bits per heavy atom. The molecule has 0 unspecified atom stereocenters. The molecule has 3 aromatic heterocycles. The van der Waals surface area contributed by atoms with Crippen LogP contribution in [0.1, 0.15) is 0 Å². The monoisotopic (exact) mass is 622 g/mol. The number of aromatic nitrogens is 2. The van der Waals surface area contributed by atoms with Crippen LogP contribution in [0.3, 0.4) is 0 Å². The summed E-state index contributed by atoms with van der Waals surface area (Å²) in [6.07, 6.45) is 0. The highest BCUT2D eigenvalue weighted by Crippen LogP contribution is 2.52. The zero-order valence-electron chi connectivity index (χ0n) is 26.3. The molecule has 1 aliphatic rings. The van der Waals surface area contributed by atoms with Gasteiger partial charge in [-0.2, -0.15) is 0 Å². The normalized spacial score (nSPS) is 12.5. The van der Waals surface area contributed by atoms with Gasteiger partial charge >= 0.3 is 0 Å². The second kappa shape index (κ2) is 9.06. The van der Waals surface area contributed by atoms with E-state index in [0.717, 1.165) is 38.7 Å². The molecular weight excluding hydrogens is 597 g/mol. The van der Waals surface area contributed by atoms with Crippen molar-refractivity contribution in [1.82, 2.24) is 9.13 Å². The standard InChI is InChI=1S/C46H26N2O/c1-2-13-27(14-3-1)47-36-22-9-7-18-34(36)43-44-41(42-35-19-8-11-24-39(35)49-46(42)45(43)47)33-17-6-10-23-37(33)48(44)38-26-25-31-29-16-5-4-15-28(29)30-20-12-21-32(38)40(30)31/h1-26H. The van der Waals surface area contributed by atoms with Gasteiger partial charge in [0.1, 0.15) is 5.58 Å². The van der Waals surface area contributed by atoms with E-state index >= 15 is 0 Å². The van der Waals surface area contributed by atoms with Crippen LogP contribution in [0.2, 0.25) is 0 Å². The molecule has 0 fully saturated rings. The van der Waals surface area contributed by atoms with Crippen molar-refractivity contribution in [3.8, 4) is 33.6 Å². The molecule has 0 aliphatic heterocycles. The fourth-order valence-corrected chi connectivity index (χ4v) is 8.97. The molecule has 0 radical (unpaired) electrons. The van der Waals surface area contributed by atoms with E-state index < -0.39 is 0 Å². The van der Waals surface area contributed by atoms with Gasteiger partial charge in [-0.25, -0.2) is 0 Å². The summed E-state index contributed by atoms with van der Waals surface area (Å²) in [5.41, 5.74) is 14.0. The Morgan fingerprint density at radius 1 is 0.347 bits per heavy atom. The molecule has 0 saturated heterocycles. The summed E-state index contributed by atoms with van der Waals surface area (Å²) in [5.74, 6) is 0. The first kappa shape index (κ1) is 25.5. The van der Waals surface area contributed by atoms with Gasteiger partial charge in [-0.05, 0) is 64.0 Å². The highest BCUT2D eigenvalue weighted by Gasteiger charge is 2.29. The van der Waals surface area contributed by atoms with Gasteiger partial charge in [0.2, 0.25) is 0 Å². The Hall–Kier alpha value is -6.58. The molecule has 49 heavy (non-hydrogen) atoms. The lowest BCUT2D eigenvalue weighted by molar-refractivity contribution is 0.671. The van der Waals surface area contributed by atoms with Crippen LogP contribution >= 0.6 is 0 Å². The van der Waals surface area contributed by atoms with Crippen molar-refractivity contribution in [2.45, 2.75) is 0 Å². The quantitative estimate of drug-likeness (QED) is 0.188. The number of furan rings is 1. The van der Waals surface area contributed by atoms with Crippen LogP contribution in [0.15, 0.2) is 162 Å². The van der Waals surface area contributed by atoms with Crippen molar-refractivity contribution in [3.63, 3.8) is 0 Å². The molecule has 12 rings (SSSR count). The van der Waals surface area contributed by atoms with Crippen molar-refractivity contribution in [2.75, 3.05) is 0 Å². The lowest BCUT2D eigenvalue weighted by atomic mass is 10.0. The SMILES string of the molecule is c1ccc(-n2c3ccccc3c3c2c2oc4ccccc4c2c2c4ccccc4n(-c4ccc5c6c(cccc46)-c4ccccc4-5)c23)cc1. The second-order valence-electron chi connectivity index (χ2n) is 13.2. The maximum atomic E-state index is 6.95. The Balaban J connectivity index is 1.38. The largest absolute Gasteiger partial charge is 0.454 e. The maximum Gasteiger partial charge on any atom is 0.160 e. The topological polar surface area (TPSA) is 23.0 Å². The highest BCUT2D eigenvalue weighted by atomic mass is 16.3. The molecule has 3 nitrogen and oxygen atoms in total. The van der Waals surface area contributed by atoms with Gasteiger partial charge in [0.15, 0.2) is 5.58 Å². The van der Waals surface area contributed by atoms with Crippen LogP contribution < -0.4 is 0 Å². The van der Waals surface area contributed by atoms with Crippen molar-refractivity contribution in [1.29, 1.82) is 0 Å². The zero-order valence-corrected chi connectivity index (χ0v) is 26.3. The van der Waals surface area contributed by atoms with Crippen LogP contribution in [0.5, 0.6) is 0 Å². The lowest BCUT2D eigenvalue weighted by Crippen LogP contribution is -1.97. The number of benzene rings is 8. The van der Waals surface area contributed by atoms with Gasteiger partial charge in [-0.3, -0.25) is 0 Å². The van der Waals surface area contributed by atoms with Gasteiger partial charge in [-0.1, -0.05) is 121 Å². The molecule has 226 valence electrons. The number of hydrogen-bond acceptors (Lipinski definition) is 1. The minimum atomic E-state index is 0.899. The minimum absolute atomic E-state index is 0.899. The third kappa shape index (κ3) is 3.09. The fraction of sp³-hybridized carbons (Fsp3) is 0. The summed E-state index contributed by atoms with van der Waals surface area (Å²) in [5, 5.41) is 9.72. The van der Waals surface area contributed by atoms with Crippen molar-refractivity contribution < 1.29 is 4.42 Å². The molecule has 3 heterocycles. The van der Waals surface area contributed by atoms with Crippen LogP contribution in [-0.4, -0.2) is 9.13 Å². The van der Waals surface area contributed by atoms with Gasteiger partial charge in [0.05, 0.1) is 27.8 Å². The van der Waals surface area contributed by atoms with Crippen molar-refractivity contribution >= 4 is 76.3 Å². The van der Waals surface area contributed by atoms with Gasteiger partial charge in [0, 0.05) is 43.4 Å². The third-order valence-electron chi connectivity index (χ3n) is 10.8. The molecular formula is C46H26N2O. The average Bonchev–Trinajstić information content (AvgIpc) is 3.90. The van der Waals surface area contributed by atoms with E-state index in [1.54, 1.807) is 0 Å². The summed E-state index contributed by atoms with van der Waals surface area (Å²) in [6.45, 7) is 0. The molecule has 0 atom stereocenters. The van der Waals surface area contributed by atoms with E-state index in [1.165, 1.54) is 71.3 Å². The molecule has 8 aromatic carbocycles. The third-order valence-corrected chi connectivity index (χ3v) is 10.8. The first-order valence-corrected chi connectivity index (χ1v) is 16.9. The predicted molar refractivity (Wildman–Crippen MR) is 204 cm³/mol. The van der Waals surface area contributed by atoms with Gasteiger partial charge in [-0.15, -0.1) is 0 Å². The molecule has 0 N–H and O–H groups in total. The van der Waals surface area contributed by atoms with Crippen LogP contribution in [0, 0.1) is 0 Å². The number of rotatable bonds is 2. The Kier molecular flexibility index (Phi) is 4.72. The summed E-state index contributed by atoms with van der Waals surface area (Å²) in [6, 6.07) is 57.2. The van der Waals surface area contributed by atoms with Crippen LogP contribution in [0.4, 0.5) is 0 Å². The number of hydrogen-bond donors (Lipinski definition) is 0. The van der Waals surface area contributed by atoms with E-state index in [9.17, 15) is 0 Å². The lowest BCUT2D eigenvalue weighted by Gasteiger charge is -2.14. The number of para-hydroxylation sites is 4. The van der Waals surface area contributed by atoms with Gasteiger partial charge < -0.3 is 13.6 Å². The Morgan fingerprint density at radius 3 is 1.73 bits per heavy atom. The minimum Gasteiger partial charge on any atom is -0.454 e. The van der Waals surface area contributed by atoms with E-state index in [1.807, 2.05) is 0 Å². The summed E-state index contributed by atoms with van der Waals surface area (Å²) < 4.78 is 11.9. The zero-order chi connectivity index (χ0) is 31.8. The highest BCUT2D eigenvalue weighted by molar-refractivity contribution is 6.39. The van der Waals surface area contributed by atoms with Crippen LogP contribution in [-0.2, 0) is 0 Å². The fourth-order valence-electron chi connectivity index (χ4n) is 8.97. The first-order valence-electron chi connectivity index (χ1n) is 16.9. The average molecular weight is 623 g/mol. The maximum absolute atomic E-state index is 6.95. The summed E-state index contributed by atoms with van der Waals surface area (Å²) in [4.78, 5) is 0. The molecule has 0 bridgehead atoms. The Bertz CT molecular complexity index is 3180. The molecule has 0 saturated carbocycles. The Labute approximate surface area is 280 Å². The summed E-state index contributed by atoms with van der Waals surface area (Å²) in [7, 11) is 0. The number of fused-ring (bicyclic) bond motifs is 15. The van der Waals surface area contributed by atoms with Crippen molar-refractivity contribution in [3.05, 3.63) is 158 Å².